The maximum absolute atomic E-state index is 10.5. The highest BCUT2D eigenvalue weighted by molar-refractivity contribution is 5.69. The van der Waals surface area contributed by atoms with Gasteiger partial charge in [-0.2, -0.15) is 0 Å². The maximum atomic E-state index is 10.5. The van der Waals surface area contributed by atoms with Gasteiger partial charge in [-0.1, -0.05) is 24.3 Å². The Balaban J connectivity index is 0.00000264. The average Bonchev–Trinajstić information content (AvgIpc) is 2.53. The van der Waals surface area contributed by atoms with Gasteiger partial charge in [0, 0.05) is 12.1 Å². The molecule has 2 aromatic rings. The first-order valence-electron chi connectivity index (χ1n) is 7.29. The number of aryl methyl sites for hydroxylation is 1. The molecule has 0 saturated heterocycles. The van der Waals surface area contributed by atoms with Gasteiger partial charge in [-0.3, -0.25) is 4.79 Å². The molecule has 0 fully saturated rings. The summed E-state index contributed by atoms with van der Waals surface area (Å²) < 4.78 is 7.34. The SMILES string of the molecule is CCOc1cccc(/C=C\c2cc[n+](CCC(=O)O)cc2)c1.[Cl-]. The summed E-state index contributed by atoms with van der Waals surface area (Å²) in [7, 11) is 0. The molecule has 23 heavy (non-hydrogen) atoms. The largest absolute Gasteiger partial charge is 1.00 e. The highest BCUT2D eigenvalue weighted by Crippen LogP contribution is 2.15. The van der Waals surface area contributed by atoms with Crippen molar-refractivity contribution in [2.45, 2.75) is 19.9 Å². The van der Waals surface area contributed by atoms with Gasteiger partial charge in [0.2, 0.25) is 0 Å². The molecule has 0 amide bonds. The van der Waals surface area contributed by atoms with Crippen LogP contribution in [0.25, 0.3) is 12.2 Å². The van der Waals surface area contributed by atoms with Crippen molar-refractivity contribution in [3.63, 3.8) is 0 Å². The summed E-state index contributed by atoms with van der Waals surface area (Å²) >= 11 is 0. The number of halogens is 1. The van der Waals surface area contributed by atoms with E-state index in [-0.39, 0.29) is 18.8 Å². The highest BCUT2D eigenvalue weighted by atomic mass is 35.5. The fourth-order valence-electron chi connectivity index (χ4n) is 2.02. The second-order valence-corrected chi connectivity index (χ2v) is 4.85. The molecule has 0 saturated carbocycles. The molecule has 122 valence electrons. The molecule has 1 heterocycles. The fraction of sp³-hybridized carbons (Fsp3) is 0.222. The van der Waals surface area contributed by atoms with Gasteiger partial charge in [-0.05, 0) is 30.2 Å². The zero-order valence-corrected chi connectivity index (χ0v) is 13.7. The Labute approximate surface area is 142 Å². The van der Waals surface area contributed by atoms with E-state index in [1.165, 1.54) is 0 Å². The number of aliphatic carboxylic acids is 1. The van der Waals surface area contributed by atoms with Crippen LogP contribution in [0.1, 0.15) is 24.5 Å². The van der Waals surface area contributed by atoms with E-state index in [1.54, 1.807) is 0 Å². The third-order valence-corrected chi connectivity index (χ3v) is 3.14. The van der Waals surface area contributed by atoms with Gasteiger partial charge in [0.1, 0.15) is 12.2 Å². The van der Waals surface area contributed by atoms with Gasteiger partial charge in [0.05, 0.1) is 6.61 Å². The third kappa shape index (κ3) is 6.53. The number of benzene rings is 1. The Kier molecular flexibility index (Phi) is 7.84. The van der Waals surface area contributed by atoms with Gasteiger partial charge < -0.3 is 22.3 Å². The van der Waals surface area contributed by atoms with Crippen LogP contribution in [0.2, 0.25) is 0 Å². The van der Waals surface area contributed by atoms with E-state index in [4.69, 9.17) is 9.84 Å². The number of carbonyl (C=O) groups is 1. The van der Waals surface area contributed by atoms with Crippen LogP contribution < -0.4 is 21.7 Å². The van der Waals surface area contributed by atoms with Crippen molar-refractivity contribution in [2.24, 2.45) is 0 Å². The van der Waals surface area contributed by atoms with Crippen LogP contribution in [0.5, 0.6) is 5.75 Å². The number of pyridine rings is 1. The normalized spacial score (nSPS) is 10.3. The highest BCUT2D eigenvalue weighted by Gasteiger charge is 2.03. The smallest absolute Gasteiger partial charge is 0.309 e. The second-order valence-electron chi connectivity index (χ2n) is 4.85. The predicted molar refractivity (Wildman–Crippen MR) is 85.4 cm³/mol. The van der Waals surface area contributed by atoms with Crippen LogP contribution in [0.15, 0.2) is 48.8 Å². The Morgan fingerprint density at radius 1 is 1.17 bits per heavy atom. The molecule has 1 aromatic heterocycles. The minimum absolute atomic E-state index is 0. The van der Waals surface area contributed by atoms with Crippen LogP contribution in [-0.2, 0) is 11.3 Å². The molecule has 0 atom stereocenters. The van der Waals surface area contributed by atoms with Crippen LogP contribution in [0.3, 0.4) is 0 Å². The number of hydrogen-bond acceptors (Lipinski definition) is 2. The fourth-order valence-corrected chi connectivity index (χ4v) is 2.02. The molecule has 0 spiro atoms. The molecular weight excluding hydrogens is 314 g/mol. The van der Waals surface area contributed by atoms with Crippen molar-refractivity contribution in [1.29, 1.82) is 0 Å². The van der Waals surface area contributed by atoms with E-state index in [0.717, 1.165) is 16.9 Å². The molecule has 0 aliphatic rings. The molecule has 0 bridgehead atoms. The van der Waals surface area contributed by atoms with Crippen molar-refractivity contribution in [1.82, 2.24) is 0 Å². The van der Waals surface area contributed by atoms with Crippen molar-refractivity contribution in [3.8, 4) is 5.75 Å². The lowest BCUT2D eigenvalue weighted by Crippen LogP contribution is -3.00. The Hall–Kier alpha value is -2.33. The van der Waals surface area contributed by atoms with Crippen molar-refractivity contribution >= 4 is 18.1 Å². The summed E-state index contributed by atoms with van der Waals surface area (Å²) in [4.78, 5) is 10.5. The summed E-state index contributed by atoms with van der Waals surface area (Å²) in [5, 5.41) is 8.67. The Bertz CT molecular complexity index is 654. The van der Waals surface area contributed by atoms with E-state index in [1.807, 2.05) is 72.4 Å². The van der Waals surface area contributed by atoms with Gasteiger partial charge >= 0.3 is 5.97 Å². The monoisotopic (exact) mass is 333 g/mol. The number of carboxylic acid groups (broad SMARTS) is 1. The summed E-state index contributed by atoms with van der Waals surface area (Å²) in [6, 6.07) is 11.9. The van der Waals surface area contributed by atoms with Crippen LogP contribution in [-0.4, -0.2) is 17.7 Å². The third-order valence-electron chi connectivity index (χ3n) is 3.14. The summed E-state index contributed by atoms with van der Waals surface area (Å²) in [6.45, 7) is 3.10. The Morgan fingerprint density at radius 3 is 2.52 bits per heavy atom. The van der Waals surface area contributed by atoms with Crippen molar-refractivity contribution < 1.29 is 31.6 Å². The molecule has 1 aromatic carbocycles. The van der Waals surface area contributed by atoms with E-state index >= 15 is 0 Å². The van der Waals surface area contributed by atoms with E-state index in [0.29, 0.717) is 13.2 Å². The first-order valence-corrected chi connectivity index (χ1v) is 7.29. The van der Waals surface area contributed by atoms with Gasteiger partial charge in [-0.15, -0.1) is 0 Å². The zero-order chi connectivity index (χ0) is 15.8. The van der Waals surface area contributed by atoms with E-state index in [9.17, 15) is 4.79 Å². The van der Waals surface area contributed by atoms with Gasteiger partial charge in [-0.25, -0.2) is 4.57 Å². The Morgan fingerprint density at radius 2 is 1.87 bits per heavy atom. The van der Waals surface area contributed by atoms with E-state index in [2.05, 4.69) is 0 Å². The number of nitrogens with zero attached hydrogens (tertiary/aromatic N) is 1. The van der Waals surface area contributed by atoms with Crippen LogP contribution in [0.4, 0.5) is 0 Å². The molecule has 0 unspecified atom stereocenters. The summed E-state index contributed by atoms with van der Waals surface area (Å²) in [6.07, 6.45) is 7.95. The standard InChI is InChI=1S/C18H19NO3.ClH/c1-2-22-17-5-3-4-16(14-17)7-6-15-8-11-19(12-9-15)13-10-18(20)21;/h3-9,11-12,14H,2,10,13H2,1H3;1H/b7-6-;. The topological polar surface area (TPSA) is 50.4 Å². The summed E-state index contributed by atoms with van der Waals surface area (Å²) in [5.74, 6) is 0.0786. The lowest BCUT2D eigenvalue weighted by Gasteiger charge is -2.03. The zero-order valence-electron chi connectivity index (χ0n) is 13.0. The average molecular weight is 334 g/mol. The lowest BCUT2D eigenvalue weighted by atomic mass is 10.1. The lowest BCUT2D eigenvalue weighted by molar-refractivity contribution is -0.696. The predicted octanol–water partition coefficient (Wildman–Crippen LogP) is 0.0219. The quantitative estimate of drug-likeness (QED) is 0.727. The number of aromatic nitrogens is 1. The molecule has 2 rings (SSSR count). The number of carboxylic acids is 1. The number of ether oxygens (including phenoxy) is 1. The molecule has 0 aliphatic heterocycles. The molecule has 5 heteroatoms. The molecule has 0 radical (unpaired) electrons. The maximum Gasteiger partial charge on any atom is 0.309 e. The van der Waals surface area contributed by atoms with Crippen LogP contribution in [0, 0.1) is 0 Å². The van der Waals surface area contributed by atoms with Crippen molar-refractivity contribution in [3.05, 3.63) is 59.9 Å². The minimum atomic E-state index is -0.786. The van der Waals surface area contributed by atoms with Gasteiger partial charge in [0.15, 0.2) is 18.9 Å². The van der Waals surface area contributed by atoms with Gasteiger partial charge in [0.25, 0.3) is 0 Å². The first-order chi connectivity index (χ1) is 10.7. The number of rotatable bonds is 7. The van der Waals surface area contributed by atoms with E-state index < -0.39 is 5.97 Å². The van der Waals surface area contributed by atoms with Crippen molar-refractivity contribution in [2.75, 3.05) is 6.61 Å². The minimum Gasteiger partial charge on any atom is -1.00 e. The first kappa shape index (κ1) is 18.7. The van der Waals surface area contributed by atoms with Crippen LogP contribution >= 0.6 is 0 Å². The number of hydrogen-bond donors (Lipinski definition) is 1. The molecule has 4 nitrogen and oxygen atoms in total. The molecule has 1 N–H and O–H groups in total. The summed E-state index contributed by atoms with van der Waals surface area (Å²) in [5.41, 5.74) is 2.14. The molecular formula is C18H20ClNO3. The second kappa shape index (κ2) is 9.64. The molecule has 0 aliphatic carbocycles.